The molecule has 0 radical (unpaired) electrons. The molecule has 0 atom stereocenters. The number of hydrogen-bond acceptors (Lipinski definition) is 2. The zero-order valence-corrected chi connectivity index (χ0v) is 7.88. The predicted octanol–water partition coefficient (Wildman–Crippen LogP) is 2.16. The Bertz CT molecular complexity index is 294. The molecule has 2 heteroatoms. The summed E-state index contributed by atoms with van der Waals surface area (Å²) in [5.74, 6) is 1.04. The third-order valence-electron chi connectivity index (χ3n) is 2.23. The average molecular weight is 178 g/mol. The number of ether oxygens (including phenoxy) is 2. The van der Waals surface area contributed by atoms with Crippen LogP contribution in [-0.4, -0.2) is 13.2 Å². The summed E-state index contributed by atoms with van der Waals surface area (Å²) < 4.78 is 10.8. The standard InChI is InChI=1S/C11H14O2/c1-2-12-8-9-3-4-11-10(7-9)5-6-13-11/h3-4,7H,2,5-6,8H2,1H3. The van der Waals surface area contributed by atoms with Gasteiger partial charge in [0, 0.05) is 13.0 Å². The van der Waals surface area contributed by atoms with Gasteiger partial charge in [0.2, 0.25) is 0 Å². The Morgan fingerprint density at radius 3 is 3.23 bits per heavy atom. The molecule has 1 aromatic rings. The number of benzene rings is 1. The van der Waals surface area contributed by atoms with E-state index < -0.39 is 0 Å². The molecule has 70 valence electrons. The fourth-order valence-corrected chi connectivity index (χ4v) is 1.55. The predicted molar refractivity (Wildman–Crippen MR) is 51.0 cm³/mol. The monoisotopic (exact) mass is 178 g/mol. The second kappa shape index (κ2) is 3.79. The first-order chi connectivity index (χ1) is 6.40. The molecule has 2 rings (SSSR count). The van der Waals surface area contributed by atoms with Crippen LogP contribution in [0, 0.1) is 0 Å². The lowest BCUT2D eigenvalue weighted by Gasteiger charge is -2.03. The van der Waals surface area contributed by atoms with E-state index in [1.807, 2.05) is 13.0 Å². The summed E-state index contributed by atoms with van der Waals surface area (Å²) >= 11 is 0. The van der Waals surface area contributed by atoms with Crippen molar-refractivity contribution < 1.29 is 9.47 Å². The molecule has 0 unspecified atom stereocenters. The van der Waals surface area contributed by atoms with E-state index in [1.54, 1.807) is 0 Å². The summed E-state index contributed by atoms with van der Waals surface area (Å²) in [6, 6.07) is 6.29. The van der Waals surface area contributed by atoms with Gasteiger partial charge in [-0.05, 0) is 30.2 Å². The summed E-state index contributed by atoms with van der Waals surface area (Å²) in [5.41, 5.74) is 2.56. The van der Waals surface area contributed by atoms with Crippen molar-refractivity contribution in [1.82, 2.24) is 0 Å². The molecule has 0 N–H and O–H groups in total. The summed E-state index contributed by atoms with van der Waals surface area (Å²) in [4.78, 5) is 0. The fraction of sp³-hybridized carbons (Fsp3) is 0.455. The van der Waals surface area contributed by atoms with Gasteiger partial charge in [0.15, 0.2) is 0 Å². The van der Waals surface area contributed by atoms with Crippen molar-refractivity contribution in [2.75, 3.05) is 13.2 Å². The van der Waals surface area contributed by atoms with Crippen molar-refractivity contribution in [3.8, 4) is 5.75 Å². The number of rotatable bonds is 3. The van der Waals surface area contributed by atoms with Gasteiger partial charge in [0.1, 0.15) is 5.75 Å². The van der Waals surface area contributed by atoms with Gasteiger partial charge < -0.3 is 9.47 Å². The molecule has 1 heterocycles. The van der Waals surface area contributed by atoms with Crippen LogP contribution in [0.25, 0.3) is 0 Å². The second-order valence-electron chi connectivity index (χ2n) is 3.18. The van der Waals surface area contributed by atoms with Crippen LogP contribution in [0.1, 0.15) is 18.1 Å². The highest BCUT2D eigenvalue weighted by Crippen LogP contribution is 2.25. The molecule has 0 saturated heterocycles. The highest BCUT2D eigenvalue weighted by atomic mass is 16.5. The molecule has 0 bridgehead atoms. The maximum absolute atomic E-state index is 5.42. The summed E-state index contributed by atoms with van der Waals surface area (Å²) in [7, 11) is 0. The van der Waals surface area contributed by atoms with Gasteiger partial charge in [-0.1, -0.05) is 6.07 Å². The lowest BCUT2D eigenvalue weighted by atomic mass is 10.1. The molecule has 1 aliphatic rings. The summed E-state index contributed by atoms with van der Waals surface area (Å²) in [5, 5.41) is 0. The molecule has 0 fully saturated rings. The molecule has 0 amide bonds. The molecule has 0 aliphatic carbocycles. The van der Waals surface area contributed by atoms with Crippen LogP contribution in [0.2, 0.25) is 0 Å². The molecule has 0 spiro atoms. The Hall–Kier alpha value is -1.02. The van der Waals surface area contributed by atoms with Crippen LogP contribution in [0.3, 0.4) is 0 Å². The Morgan fingerprint density at radius 2 is 2.38 bits per heavy atom. The van der Waals surface area contributed by atoms with E-state index in [0.29, 0.717) is 6.61 Å². The summed E-state index contributed by atoms with van der Waals surface area (Å²) in [6.45, 7) is 4.32. The lowest BCUT2D eigenvalue weighted by Crippen LogP contribution is -1.92. The smallest absolute Gasteiger partial charge is 0.122 e. The maximum atomic E-state index is 5.42. The molecule has 2 nitrogen and oxygen atoms in total. The minimum absolute atomic E-state index is 0.712. The minimum Gasteiger partial charge on any atom is -0.493 e. The molecule has 0 saturated carbocycles. The van der Waals surface area contributed by atoms with Crippen molar-refractivity contribution in [2.45, 2.75) is 20.0 Å². The normalized spacial score (nSPS) is 13.9. The van der Waals surface area contributed by atoms with Crippen LogP contribution >= 0.6 is 0 Å². The van der Waals surface area contributed by atoms with Crippen molar-refractivity contribution in [2.24, 2.45) is 0 Å². The quantitative estimate of drug-likeness (QED) is 0.706. The second-order valence-corrected chi connectivity index (χ2v) is 3.18. The highest BCUT2D eigenvalue weighted by molar-refractivity contribution is 5.39. The zero-order chi connectivity index (χ0) is 9.10. The van der Waals surface area contributed by atoms with E-state index in [1.165, 1.54) is 11.1 Å². The van der Waals surface area contributed by atoms with E-state index in [4.69, 9.17) is 9.47 Å². The van der Waals surface area contributed by atoms with E-state index in [-0.39, 0.29) is 0 Å². The van der Waals surface area contributed by atoms with Gasteiger partial charge in [-0.3, -0.25) is 0 Å². The fourth-order valence-electron chi connectivity index (χ4n) is 1.55. The lowest BCUT2D eigenvalue weighted by molar-refractivity contribution is 0.134. The van der Waals surface area contributed by atoms with Crippen LogP contribution in [0.4, 0.5) is 0 Å². The van der Waals surface area contributed by atoms with Crippen molar-refractivity contribution in [3.05, 3.63) is 29.3 Å². The van der Waals surface area contributed by atoms with Gasteiger partial charge >= 0.3 is 0 Å². The molecule has 0 aromatic heterocycles. The van der Waals surface area contributed by atoms with E-state index in [0.717, 1.165) is 25.4 Å². The molecular weight excluding hydrogens is 164 g/mol. The first-order valence-electron chi connectivity index (χ1n) is 4.72. The minimum atomic E-state index is 0.712. The Balaban J connectivity index is 2.12. The van der Waals surface area contributed by atoms with Gasteiger partial charge in [0.25, 0.3) is 0 Å². The van der Waals surface area contributed by atoms with Gasteiger partial charge in [0.05, 0.1) is 13.2 Å². The topological polar surface area (TPSA) is 18.5 Å². The zero-order valence-electron chi connectivity index (χ0n) is 7.88. The van der Waals surface area contributed by atoms with E-state index >= 15 is 0 Å². The molecular formula is C11H14O2. The highest BCUT2D eigenvalue weighted by Gasteiger charge is 2.11. The Morgan fingerprint density at radius 1 is 1.46 bits per heavy atom. The summed E-state index contributed by atoms with van der Waals surface area (Å²) in [6.07, 6.45) is 1.04. The van der Waals surface area contributed by atoms with Crippen LogP contribution in [-0.2, 0) is 17.8 Å². The van der Waals surface area contributed by atoms with Crippen molar-refractivity contribution >= 4 is 0 Å². The first-order valence-corrected chi connectivity index (χ1v) is 4.72. The van der Waals surface area contributed by atoms with Gasteiger partial charge in [-0.25, -0.2) is 0 Å². The average Bonchev–Trinajstić information content (AvgIpc) is 2.61. The van der Waals surface area contributed by atoms with Crippen LogP contribution in [0.15, 0.2) is 18.2 Å². The van der Waals surface area contributed by atoms with Crippen LogP contribution < -0.4 is 4.74 Å². The van der Waals surface area contributed by atoms with E-state index in [9.17, 15) is 0 Å². The first kappa shape index (κ1) is 8.57. The SMILES string of the molecule is CCOCc1ccc2c(c1)CCO2. The molecule has 1 aromatic carbocycles. The third-order valence-corrected chi connectivity index (χ3v) is 2.23. The molecule has 1 aliphatic heterocycles. The Kier molecular flexibility index (Phi) is 2.50. The molecule has 13 heavy (non-hydrogen) atoms. The van der Waals surface area contributed by atoms with Crippen LogP contribution in [0.5, 0.6) is 5.75 Å². The van der Waals surface area contributed by atoms with Gasteiger partial charge in [-0.2, -0.15) is 0 Å². The van der Waals surface area contributed by atoms with Crippen molar-refractivity contribution in [1.29, 1.82) is 0 Å². The number of fused-ring (bicyclic) bond motifs is 1. The Labute approximate surface area is 78.5 Å². The largest absolute Gasteiger partial charge is 0.493 e. The number of hydrogen-bond donors (Lipinski definition) is 0. The van der Waals surface area contributed by atoms with Crippen molar-refractivity contribution in [3.63, 3.8) is 0 Å². The van der Waals surface area contributed by atoms with Gasteiger partial charge in [-0.15, -0.1) is 0 Å². The maximum Gasteiger partial charge on any atom is 0.122 e. The van der Waals surface area contributed by atoms with E-state index in [2.05, 4.69) is 12.1 Å². The third kappa shape index (κ3) is 1.83.